The van der Waals surface area contributed by atoms with Gasteiger partial charge in [0.25, 0.3) is 5.91 Å². The number of anilines is 1. The zero-order valence-corrected chi connectivity index (χ0v) is 21.1. The van der Waals surface area contributed by atoms with Gasteiger partial charge in [-0.1, -0.05) is 6.07 Å². The molecular weight excluding hydrogens is 484 g/mol. The number of aromatic nitrogens is 1. The molecule has 5 rings (SSSR count). The maximum Gasteiger partial charge on any atom is 0.253 e. The zero-order valence-electron chi connectivity index (χ0n) is 19.5. The lowest BCUT2D eigenvalue weighted by Crippen LogP contribution is -2.49. The molecule has 2 N–H and O–H groups in total. The second-order valence-corrected chi connectivity index (χ2v) is 11.4. The van der Waals surface area contributed by atoms with Gasteiger partial charge in [-0.2, -0.15) is 0 Å². The lowest BCUT2D eigenvalue weighted by molar-refractivity contribution is -0.136. The Morgan fingerprint density at radius 3 is 2.60 bits per heavy atom. The van der Waals surface area contributed by atoms with Crippen LogP contribution in [0.25, 0.3) is 10.2 Å². The summed E-state index contributed by atoms with van der Waals surface area (Å²) >= 11 is 1.50. The van der Waals surface area contributed by atoms with Crippen LogP contribution in [0.4, 0.5) is 5.69 Å². The molecule has 2 aromatic carbocycles. The molecule has 2 saturated heterocycles. The van der Waals surface area contributed by atoms with Crippen LogP contribution in [0.2, 0.25) is 0 Å². The number of para-hydroxylation sites is 1. The molecule has 2 aliphatic rings. The van der Waals surface area contributed by atoms with E-state index in [0.717, 1.165) is 23.2 Å². The molecule has 2 unspecified atom stereocenters. The van der Waals surface area contributed by atoms with Gasteiger partial charge in [-0.25, -0.2) is 9.19 Å². The van der Waals surface area contributed by atoms with E-state index in [1.165, 1.54) is 11.3 Å². The molecule has 2 amide bonds. The second-order valence-electron chi connectivity index (χ2n) is 9.32. The normalized spacial score (nSPS) is 20.9. The van der Waals surface area contributed by atoms with Gasteiger partial charge < -0.3 is 19.6 Å². The van der Waals surface area contributed by atoms with Gasteiger partial charge in [0.1, 0.15) is 0 Å². The Labute approximate surface area is 210 Å². The number of benzene rings is 2. The summed E-state index contributed by atoms with van der Waals surface area (Å²) in [5.41, 5.74) is 3.22. The fourth-order valence-corrected chi connectivity index (χ4v) is 6.97. The average molecular weight is 513 g/mol. The van der Waals surface area contributed by atoms with Gasteiger partial charge in [-0.05, 0) is 55.7 Å². The summed E-state index contributed by atoms with van der Waals surface area (Å²) < 4.78 is 16.8. The highest BCUT2D eigenvalue weighted by atomic mass is 32.2. The third-order valence-electron chi connectivity index (χ3n) is 7.39. The van der Waals surface area contributed by atoms with Crippen LogP contribution in [-0.4, -0.2) is 69.2 Å². The van der Waals surface area contributed by atoms with Gasteiger partial charge in [-0.3, -0.25) is 9.59 Å². The van der Waals surface area contributed by atoms with E-state index < -0.39 is 16.4 Å². The van der Waals surface area contributed by atoms with Gasteiger partial charge in [0, 0.05) is 55.9 Å². The van der Waals surface area contributed by atoms with Gasteiger partial charge in [0.15, 0.2) is 11.0 Å². The van der Waals surface area contributed by atoms with Gasteiger partial charge in [0.05, 0.1) is 20.6 Å². The fourth-order valence-electron chi connectivity index (χ4n) is 5.20. The molecule has 0 bridgehead atoms. The van der Waals surface area contributed by atoms with Crippen molar-refractivity contribution >= 4 is 50.0 Å². The van der Waals surface area contributed by atoms with Crippen LogP contribution in [0.5, 0.6) is 0 Å². The predicted molar refractivity (Wildman–Crippen MR) is 136 cm³/mol. The third-order valence-corrected chi connectivity index (χ3v) is 9.34. The van der Waals surface area contributed by atoms with Gasteiger partial charge in [-0.15, -0.1) is 11.3 Å². The molecule has 8 nitrogen and oxygen atoms in total. The number of carbonyl (C=O) groups is 2. The smallest absolute Gasteiger partial charge is 0.253 e. The lowest BCUT2D eigenvalue weighted by Gasteiger charge is -2.43. The van der Waals surface area contributed by atoms with Crippen LogP contribution >= 0.6 is 11.3 Å². The van der Waals surface area contributed by atoms with Crippen LogP contribution in [0.3, 0.4) is 0 Å². The highest BCUT2D eigenvalue weighted by molar-refractivity contribution is 7.86. The zero-order chi connectivity index (χ0) is 24.6. The Hall–Kier alpha value is -2.82. The van der Waals surface area contributed by atoms with Crippen LogP contribution in [-0.2, 0) is 15.8 Å². The van der Waals surface area contributed by atoms with Crippen LogP contribution in [0.1, 0.15) is 29.6 Å². The van der Waals surface area contributed by atoms with Crippen LogP contribution in [0.15, 0.2) is 52.9 Å². The van der Waals surface area contributed by atoms with Gasteiger partial charge in [0.2, 0.25) is 5.91 Å². The number of amides is 2. The summed E-state index contributed by atoms with van der Waals surface area (Å²) in [6.45, 7) is 1.70. The fraction of sp³-hybridized carbons (Fsp3) is 0.400. The summed E-state index contributed by atoms with van der Waals surface area (Å²) in [6, 6.07) is 12.6. The molecule has 0 radical (unpaired) electrons. The quantitative estimate of drug-likeness (QED) is 0.528. The van der Waals surface area contributed by atoms with E-state index in [1.807, 2.05) is 12.1 Å². The number of carbonyl (C=O) groups excluding carboxylic acids is 2. The molecular formula is C25H28N4O4S2. The summed E-state index contributed by atoms with van der Waals surface area (Å²) in [5.74, 6) is -0.146. The molecule has 0 saturated carbocycles. The summed E-state index contributed by atoms with van der Waals surface area (Å²) in [6.07, 6.45) is 1.98. The SMILES string of the molecule is CN1CCC(C2(CO)CCN(C(=O)c3ccc(NS(=O)c4cccc5scnc45)cc3)CC2)C1=O. The number of piperidine rings is 1. The molecule has 1 aromatic heterocycles. The first-order valence-corrected chi connectivity index (χ1v) is 13.7. The average Bonchev–Trinajstić information content (AvgIpc) is 3.50. The van der Waals surface area contributed by atoms with Crippen molar-refractivity contribution in [3.05, 3.63) is 53.5 Å². The van der Waals surface area contributed by atoms with Crippen molar-refractivity contribution in [2.45, 2.75) is 24.2 Å². The van der Waals surface area contributed by atoms with E-state index in [9.17, 15) is 18.9 Å². The number of thiazole rings is 1. The first-order valence-electron chi connectivity index (χ1n) is 11.7. The van der Waals surface area contributed by atoms with Crippen molar-refractivity contribution in [1.82, 2.24) is 14.8 Å². The van der Waals surface area contributed by atoms with Crippen LogP contribution < -0.4 is 4.72 Å². The second kappa shape index (κ2) is 9.67. The number of nitrogens with zero attached hydrogens (tertiary/aromatic N) is 3. The van der Waals surface area contributed by atoms with Crippen molar-refractivity contribution in [3.8, 4) is 0 Å². The number of nitrogens with one attached hydrogen (secondary N) is 1. The first-order chi connectivity index (χ1) is 16.9. The Balaban J connectivity index is 1.22. The maximum absolute atomic E-state index is 13.1. The van der Waals surface area contributed by atoms with E-state index in [1.54, 1.807) is 52.7 Å². The van der Waals surface area contributed by atoms with Crippen molar-refractivity contribution in [2.75, 3.05) is 38.0 Å². The van der Waals surface area contributed by atoms with Crippen LogP contribution in [0, 0.1) is 11.3 Å². The Morgan fingerprint density at radius 1 is 1.20 bits per heavy atom. The standard InChI is InChI=1S/C25H28N4O4S2/c1-28-12-9-19(24(28)32)25(15-30)10-13-29(14-11-25)23(31)17-5-7-18(8-6-17)27-35(33)21-4-2-3-20-22(21)26-16-34-20/h2-8,16,19,27,30H,9-15H2,1H3. The van der Waals surface area contributed by atoms with E-state index in [4.69, 9.17) is 0 Å². The van der Waals surface area contributed by atoms with Crippen molar-refractivity contribution < 1.29 is 18.9 Å². The molecule has 10 heteroatoms. The molecule has 35 heavy (non-hydrogen) atoms. The number of likely N-dealkylation sites (tertiary alicyclic amines) is 2. The number of hydrogen-bond acceptors (Lipinski definition) is 6. The van der Waals surface area contributed by atoms with E-state index in [0.29, 0.717) is 42.1 Å². The minimum atomic E-state index is -1.48. The van der Waals surface area contributed by atoms with Crippen molar-refractivity contribution in [3.63, 3.8) is 0 Å². The Kier molecular flexibility index (Phi) is 6.61. The maximum atomic E-state index is 13.1. The number of rotatable bonds is 6. The molecule has 2 fully saturated rings. The molecule has 3 heterocycles. The van der Waals surface area contributed by atoms with Crippen molar-refractivity contribution in [1.29, 1.82) is 0 Å². The number of aliphatic hydroxyl groups is 1. The lowest BCUT2D eigenvalue weighted by atomic mass is 9.68. The third kappa shape index (κ3) is 4.46. The highest BCUT2D eigenvalue weighted by Gasteiger charge is 2.48. The van der Waals surface area contributed by atoms with E-state index >= 15 is 0 Å². The molecule has 2 atom stereocenters. The van der Waals surface area contributed by atoms with Gasteiger partial charge >= 0.3 is 0 Å². The largest absolute Gasteiger partial charge is 0.396 e. The first kappa shape index (κ1) is 23.9. The molecule has 0 aliphatic carbocycles. The molecule has 2 aliphatic heterocycles. The molecule has 184 valence electrons. The molecule has 0 spiro atoms. The van der Waals surface area contributed by atoms with Crippen molar-refractivity contribution in [2.24, 2.45) is 11.3 Å². The summed E-state index contributed by atoms with van der Waals surface area (Å²) in [4.78, 5) is 34.1. The minimum absolute atomic E-state index is 0.0363. The molecule has 3 aromatic rings. The predicted octanol–water partition coefficient (Wildman–Crippen LogP) is 3.12. The monoisotopic (exact) mass is 512 g/mol. The number of hydrogen-bond donors (Lipinski definition) is 2. The summed E-state index contributed by atoms with van der Waals surface area (Å²) in [5, 5.41) is 10.2. The number of fused-ring (bicyclic) bond motifs is 1. The number of aliphatic hydroxyl groups excluding tert-OH is 1. The summed E-state index contributed by atoms with van der Waals surface area (Å²) in [7, 11) is 0.323. The Bertz CT molecular complexity index is 1270. The minimum Gasteiger partial charge on any atom is -0.396 e. The van der Waals surface area contributed by atoms with E-state index in [2.05, 4.69) is 9.71 Å². The Morgan fingerprint density at radius 2 is 1.94 bits per heavy atom. The topological polar surface area (TPSA) is 103 Å². The highest BCUT2D eigenvalue weighted by Crippen LogP contribution is 2.43. The van der Waals surface area contributed by atoms with E-state index in [-0.39, 0.29) is 24.3 Å².